The van der Waals surface area contributed by atoms with E-state index in [1.54, 1.807) is 0 Å². The summed E-state index contributed by atoms with van der Waals surface area (Å²) in [5, 5.41) is 0. The van der Waals surface area contributed by atoms with E-state index in [1.165, 1.54) is 5.56 Å². The molecule has 5 nitrogen and oxygen atoms in total. The van der Waals surface area contributed by atoms with Gasteiger partial charge in [0.25, 0.3) is 5.91 Å². The van der Waals surface area contributed by atoms with Crippen molar-refractivity contribution in [1.29, 1.82) is 0 Å². The van der Waals surface area contributed by atoms with Crippen molar-refractivity contribution in [2.45, 2.75) is 25.9 Å². The van der Waals surface area contributed by atoms with E-state index >= 15 is 0 Å². The van der Waals surface area contributed by atoms with Gasteiger partial charge in [0.05, 0.1) is 13.2 Å². The van der Waals surface area contributed by atoms with Crippen molar-refractivity contribution in [2.75, 3.05) is 39.4 Å². The van der Waals surface area contributed by atoms with Crippen LogP contribution < -0.4 is 5.73 Å². The summed E-state index contributed by atoms with van der Waals surface area (Å²) in [5.74, 6) is 0.572. The van der Waals surface area contributed by atoms with Crippen LogP contribution in [0, 0.1) is 5.92 Å². The third kappa shape index (κ3) is 5.56. The Balaban J connectivity index is 0.00000156. The molecule has 2 atom stereocenters. The predicted molar refractivity (Wildman–Crippen MR) is 105 cm³/mol. The van der Waals surface area contributed by atoms with Gasteiger partial charge in [-0.25, -0.2) is 0 Å². The van der Waals surface area contributed by atoms with Crippen LogP contribution in [0.1, 0.15) is 29.3 Å². The molecule has 2 N–H and O–H groups in total. The summed E-state index contributed by atoms with van der Waals surface area (Å²) < 4.78 is 5.39. The number of ether oxygens (including phenoxy) is 1. The first-order valence-electron chi connectivity index (χ1n) is 8.57. The maximum Gasteiger partial charge on any atom is 0.254 e. The van der Waals surface area contributed by atoms with Gasteiger partial charge in [0.15, 0.2) is 0 Å². The molecule has 2 fully saturated rings. The van der Waals surface area contributed by atoms with E-state index in [2.05, 4.69) is 17.9 Å². The Hall–Kier alpha value is -0.850. The molecular formula is C18H29Cl2N3O2. The molecule has 0 radical (unpaired) electrons. The molecule has 1 aromatic rings. The second-order valence-electron chi connectivity index (χ2n) is 6.73. The van der Waals surface area contributed by atoms with Gasteiger partial charge in [-0.15, -0.1) is 24.8 Å². The molecule has 2 saturated heterocycles. The Morgan fingerprint density at radius 1 is 1.28 bits per heavy atom. The number of hydrogen-bond donors (Lipinski definition) is 1. The summed E-state index contributed by atoms with van der Waals surface area (Å²) in [6, 6.07) is 8.33. The number of halogens is 2. The highest BCUT2D eigenvalue weighted by Crippen LogP contribution is 2.24. The second kappa shape index (κ2) is 10.3. The lowest BCUT2D eigenvalue weighted by molar-refractivity contribution is 0.0341. The molecule has 1 amide bonds. The number of morpholine rings is 1. The molecule has 0 spiro atoms. The van der Waals surface area contributed by atoms with E-state index < -0.39 is 0 Å². The predicted octanol–water partition coefficient (Wildman–Crippen LogP) is 2.17. The zero-order valence-corrected chi connectivity index (χ0v) is 16.4. The van der Waals surface area contributed by atoms with Crippen LogP contribution in [0.25, 0.3) is 0 Å². The van der Waals surface area contributed by atoms with Crippen LogP contribution in [0.4, 0.5) is 0 Å². The van der Waals surface area contributed by atoms with Gasteiger partial charge in [-0.2, -0.15) is 0 Å². The molecule has 142 valence electrons. The highest BCUT2D eigenvalue weighted by Gasteiger charge is 2.32. The van der Waals surface area contributed by atoms with E-state index in [-0.39, 0.29) is 36.8 Å². The monoisotopic (exact) mass is 389 g/mol. The van der Waals surface area contributed by atoms with Crippen LogP contribution in [0.2, 0.25) is 0 Å². The number of benzene rings is 1. The first-order valence-corrected chi connectivity index (χ1v) is 8.57. The van der Waals surface area contributed by atoms with Crippen LogP contribution >= 0.6 is 24.8 Å². The Labute approximate surface area is 162 Å². The van der Waals surface area contributed by atoms with Gasteiger partial charge in [0.2, 0.25) is 0 Å². The van der Waals surface area contributed by atoms with E-state index in [0.29, 0.717) is 12.5 Å². The van der Waals surface area contributed by atoms with Crippen LogP contribution in [0.15, 0.2) is 24.3 Å². The number of rotatable bonds is 4. The molecule has 0 saturated carbocycles. The first-order chi connectivity index (χ1) is 11.2. The highest BCUT2D eigenvalue weighted by atomic mass is 35.5. The van der Waals surface area contributed by atoms with E-state index in [0.717, 1.165) is 51.4 Å². The molecule has 0 bridgehead atoms. The molecule has 3 rings (SSSR count). The number of hydrogen-bond acceptors (Lipinski definition) is 4. The summed E-state index contributed by atoms with van der Waals surface area (Å²) in [4.78, 5) is 17.2. The van der Waals surface area contributed by atoms with Crippen LogP contribution in [-0.2, 0) is 11.3 Å². The quantitative estimate of drug-likeness (QED) is 0.856. The van der Waals surface area contributed by atoms with Gasteiger partial charge >= 0.3 is 0 Å². The van der Waals surface area contributed by atoms with Crippen molar-refractivity contribution in [3.63, 3.8) is 0 Å². The van der Waals surface area contributed by atoms with Crippen molar-refractivity contribution in [3.8, 4) is 0 Å². The molecule has 0 aliphatic carbocycles. The van der Waals surface area contributed by atoms with Crippen molar-refractivity contribution < 1.29 is 9.53 Å². The van der Waals surface area contributed by atoms with Gasteiger partial charge in [-0.05, 0) is 43.5 Å². The lowest BCUT2D eigenvalue weighted by Crippen LogP contribution is -2.36. The van der Waals surface area contributed by atoms with Crippen molar-refractivity contribution >= 4 is 30.7 Å². The highest BCUT2D eigenvalue weighted by molar-refractivity contribution is 5.94. The summed E-state index contributed by atoms with van der Waals surface area (Å²) in [7, 11) is 0. The van der Waals surface area contributed by atoms with Gasteiger partial charge < -0.3 is 15.4 Å². The molecule has 2 aliphatic rings. The fourth-order valence-electron chi connectivity index (χ4n) is 3.58. The Morgan fingerprint density at radius 3 is 2.64 bits per heavy atom. The maximum atomic E-state index is 12.8. The van der Waals surface area contributed by atoms with Crippen LogP contribution in [-0.4, -0.2) is 61.1 Å². The average Bonchev–Trinajstić information content (AvgIpc) is 2.96. The summed E-state index contributed by atoms with van der Waals surface area (Å²) in [5.41, 5.74) is 7.76. The minimum absolute atomic E-state index is 0. The van der Waals surface area contributed by atoms with Crippen LogP contribution in [0.3, 0.4) is 0 Å². The van der Waals surface area contributed by atoms with E-state index in [9.17, 15) is 4.79 Å². The van der Waals surface area contributed by atoms with Crippen molar-refractivity contribution in [2.24, 2.45) is 11.7 Å². The van der Waals surface area contributed by atoms with Gasteiger partial charge in [0.1, 0.15) is 0 Å². The normalized spacial score (nSPS) is 23.7. The third-order valence-corrected chi connectivity index (χ3v) is 4.94. The first kappa shape index (κ1) is 22.2. The van der Waals surface area contributed by atoms with Gasteiger partial charge in [0, 0.05) is 37.8 Å². The molecule has 0 aromatic heterocycles. The zero-order valence-electron chi connectivity index (χ0n) is 14.7. The largest absolute Gasteiger partial charge is 0.379 e. The van der Waals surface area contributed by atoms with Gasteiger partial charge in [-0.3, -0.25) is 9.69 Å². The number of nitrogens with two attached hydrogens (primary N) is 1. The number of nitrogens with zero attached hydrogens (tertiary/aromatic N) is 2. The minimum atomic E-state index is 0. The molecule has 2 heterocycles. The SMILES string of the molecule is CC1CC(CN)CN1C(=O)c1cccc(CN2CCOCC2)c1.Cl.Cl. The number of carbonyl (C=O) groups is 1. The Kier molecular flexibility index (Phi) is 9.17. The molecule has 2 unspecified atom stereocenters. The molecular weight excluding hydrogens is 361 g/mol. The summed E-state index contributed by atoms with van der Waals surface area (Å²) in [6.07, 6.45) is 1.01. The Morgan fingerprint density at radius 2 is 2.00 bits per heavy atom. The fourth-order valence-corrected chi connectivity index (χ4v) is 3.58. The summed E-state index contributed by atoms with van der Waals surface area (Å²) in [6.45, 7) is 7.94. The van der Waals surface area contributed by atoms with Crippen LogP contribution in [0.5, 0.6) is 0 Å². The van der Waals surface area contributed by atoms with E-state index in [1.807, 2.05) is 23.1 Å². The third-order valence-electron chi connectivity index (χ3n) is 4.94. The molecule has 25 heavy (non-hydrogen) atoms. The minimum Gasteiger partial charge on any atom is -0.379 e. The number of likely N-dealkylation sites (tertiary alicyclic amines) is 1. The smallest absolute Gasteiger partial charge is 0.254 e. The summed E-state index contributed by atoms with van der Waals surface area (Å²) >= 11 is 0. The zero-order chi connectivity index (χ0) is 16.2. The molecule has 7 heteroatoms. The standard InChI is InChI=1S/C18H27N3O2.2ClH/c1-14-9-16(11-19)13-21(14)18(22)17-4-2-3-15(10-17)12-20-5-7-23-8-6-20;;/h2-4,10,14,16H,5-9,11-13,19H2,1H3;2*1H. The molecule has 2 aliphatic heterocycles. The van der Waals surface area contributed by atoms with E-state index in [4.69, 9.17) is 10.5 Å². The lowest BCUT2D eigenvalue weighted by atomic mass is 10.1. The van der Waals surface area contributed by atoms with Crippen molar-refractivity contribution in [1.82, 2.24) is 9.80 Å². The number of carbonyl (C=O) groups excluding carboxylic acids is 1. The average molecular weight is 390 g/mol. The molecule has 1 aromatic carbocycles. The van der Waals surface area contributed by atoms with Crippen molar-refractivity contribution in [3.05, 3.63) is 35.4 Å². The Bertz CT molecular complexity index is 553. The number of amides is 1. The maximum absolute atomic E-state index is 12.8. The van der Waals surface area contributed by atoms with Gasteiger partial charge in [-0.1, -0.05) is 12.1 Å². The fraction of sp³-hybridized carbons (Fsp3) is 0.611. The lowest BCUT2D eigenvalue weighted by Gasteiger charge is -2.27. The topological polar surface area (TPSA) is 58.8 Å². The second-order valence-corrected chi connectivity index (χ2v) is 6.73.